The van der Waals surface area contributed by atoms with Crippen molar-refractivity contribution in [1.82, 2.24) is 10.2 Å². The molecule has 0 radical (unpaired) electrons. The number of benzene rings is 1. The number of halogens is 1. The summed E-state index contributed by atoms with van der Waals surface area (Å²) >= 11 is 6.35. The first-order valence-electron chi connectivity index (χ1n) is 7.27. The van der Waals surface area contributed by atoms with Crippen molar-refractivity contribution in [2.75, 3.05) is 19.6 Å². The fourth-order valence-electron chi connectivity index (χ4n) is 2.64. The van der Waals surface area contributed by atoms with Crippen molar-refractivity contribution in [3.8, 4) is 0 Å². The summed E-state index contributed by atoms with van der Waals surface area (Å²) in [5, 5.41) is 4.55. The largest absolute Gasteiger partial charge is 0.312 e. The van der Waals surface area contributed by atoms with Crippen molar-refractivity contribution >= 4 is 11.6 Å². The van der Waals surface area contributed by atoms with Crippen LogP contribution in [0.2, 0.25) is 5.02 Å². The van der Waals surface area contributed by atoms with Crippen LogP contribution in [0.15, 0.2) is 18.2 Å². The lowest BCUT2D eigenvalue weighted by Crippen LogP contribution is -2.41. The molecule has 2 rings (SSSR count). The van der Waals surface area contributed by atoms with E-state index in [4.69, 9.17) is 11.6 Å². The Balaban J connectivity index is 2.04. The normalized spacial score (nSPS) is 21.6. The van der Waals surface area contributed by atoms with E-state index in [1.165, 1.54) is 17.5 Å². The summed E-state index contributed by atoms with van der Waals surface area (Å²) in [6, 6.07) is 6.97. The van der Waals surface area contributed by atoms with Gasteiger partial charge in [-0.25, -0.2) is 0 Å². The highest BCUT2D eigenvalue weighted by molar-refractivity contribution is 6.31. The Morgan fingerprint density at radius 3 is 2.89 bits per heavy atom. The molecule has 1 unspecified atom stereocenters. The van der Waals surface area contributed by atoms with E-state index in [1.54, 1.807) is 0 Å². The molecule has 1 N–H and O–H groups in total. The molecule has 1 aromatic rings. The molecule has 19 heavy (non-hydrogen) atoms. The molecule has 0 amide bonds. The van der Waals surface area contributed by atoms with Gasteiger partial charge in [0.2, 0.25) is 0 Å². The molecule has 0 aromatic heterocycles. The topological polar surface area (TPSA) is 15.3 Å². The van der Waals surface area contributed by atoms with Crippen molar-refractivity contribution in [1.29, 1.82) is 0 Å². The minimum atomic E-state index is 0.590. The highest BCUT2D eigenvalue weighted by Gasteiger charge is 2.20. The summed E-state index contributed by atoms with van der Waals surface area (Å²) in [6.07, 6.45) is 1.21. The molecule has 1 atom stereocenters. The zero-order chi connectivity index (χ0) is 13.8. The van der Waals surface area contributed by atoms with E-state index in [0.717, 1.165) is 31.2 Å². The molecule has 1 aliphatic heterocycles. The minimum Gasteiger partial charge on any atom is -0.312 e. The van der Waals surface area contributed by atoms with E-state index in [-0.39, 0.29) is 0 Å². The van der Waals surface area contributed by atoms with Crippen LogP contribution in [-0.4, -0.2) is 30.6 Å². The van der Waals surface area contributed by atoms with Crippen LogP contribution in [0.3, 0.4) is 0 Å². The van der Waals surface area contributed by atoms with Gasteiger partial charge >= 0.3 is 0 Å². The number of hydrogen-bond donors (Lipinski definition) is 1. The Kier molecular flexibility index (Phi) is 5.26. The molecule has 0 aliphatic carbocycles. The quantitative estimate of drug-likeness (QED) is 0.912. The first-order valence-corrected chi connectivity index (χ1v) is 7.65. The third-order valence-electron chi connectivity index (χ3n) is 3.92. The number of aryl methyl sites for hydroxylation is 1. The van der Waals surface area contributed by atoms with Gasteiger partial charge in [0.15, 0.2) is 0 Å². The summed E-state index contributed by atoms with van der Waals surface area (Å²) in [7, 11) is 0. The molecule has 1 heterocycles. The Labute approximate surface area is 122 Å². The highest BCUT2D eigenvalue weighted by atomic mass is 35.5. The van der Waals surface area contributed by atoms with Crippen LogP contribution >= 0.6 is 11.6 Å². The van der Waals surface area contributed by atoms with Gasteiger partial charge in [0, 0.05) is 24.2 Å². The lowest BCUT2D eigenvalue weighted by atomic mass is 10.0. The van der Waals surface area contributed by atoms with Crippen molar-refractivity contribution in [2.24, 2.45) is 5.92 Å². The summed E-state index contributed by atoms with van der Waals surface area (Å²) in [5.41, 5.74) is 2.48. The Hall–Kier alpha value is -0.570. The molecule has 0 saturated carbocycles. The zero-order valence-corrected chi connectivity index (χ0v) is 13.0. The number of nitrogens with one attached hydrogen (secondary N) is 1. The SMILES string of the molecule is Cc1ccc(CN2CCCNC(C(C)C)C2)c(Cl)c1. The summed E-state index contributed by atoms with van der Waals surface area (Å²) < 4.78 is 0. The van der Waals surface area contributed by atoms with Gasteiger partial charge in [0.05, 0.1) is 0 Å². The fourth-order valence-corrected chi connectivity index (χ4v) is 2.93. The van der Waals surface area contributed by atoms with Crippen LogP contribution < -0.4 is 5.32 Å². The first-order chi connectivity index (χ1) is 9.06. The van der Waals surface area contributed by atoms with Crippen molar-refractivity contribution < 1.29 is 0 Å². The monoisotopic (exact) mass is 280 g/mol. The van der Waals surface area contributed by atoms with Gasteiger partial charge in [-0.2, -0.15) is 0 Å². The maximum atomic E-state index is 6.35. The van der Waals surface area contributed by atoms with Crippen molar-refractivity contribution in [3.63, 3.8) is 0 Å². The third-order valence-corrected chi connectivity index (χ3v) is 4.27. The molecular formula is C16H25ClN2. The van der Waals surface area contributed by atoms with E-state index in [1.807, 2.05) is 0 Å². The minimum absolute atomic E-state index is 0.590. The van der Waals surface area contributed by atoms with Gasteiger partial charge in [-0.15, -0.1) is 0 Å². The van der Waals surface area contributed by atoms with Gasteiger partial charge < -0.3 is 5.32 Å². The Morgan fingerprint density at radius 2 is 2.21 bits per heavy atom. The van der Waals surface area contributed by atoms with Crippen LogP contribution in [0.1, 0.15) is 31.4 Å². The van der Waals surface area contributed by atoms with Crippen molar-refractivity contribution in [2.45, 2.75) is 39.8 Å². The molecule has 1 saturated heterocycles. The van der Waals surface area contributed by atoms with Gasteiger partial charge in [0.25, 0.3) is 0 Å². The van der Waals surface area contributed by atoms with E-state index in [2.05, 4.69) is 49.2 Å². The summed E-state index contributed by atoms with van der Waals surface area (Å²) in [4.78, 5) is 2.53. The van der Waals surface area contributed by atoms with E-state index < -0.39 is 0 Å². The van der Waals surface area contributed by atoms with Crippen LogP contribution in [0.4, 0.5) is 0 Å². The zero-order valence-electron chi connectivity index (χ0n) is 12.2. The lowest BCUT2D eigenvalue weighted by Gasteiger charge is -2.27. The first kappa shape index (κ1) is 14.8. The predicted octanol–water partition coefficient (Wildman–Crippen LogP) is 3.47. The van der Waals surface area contributed by atoms with Gasteiger partial charge in [0.1, 0.15) is 0 Å². The molecule has 1 aliphatic rings. The van der Waals surface area contributed by atoms with E-state index >= 15 is 0 Å². The fraction of sp³-hybridized carbons (Fsp3) is 0.625. The number of rotatable bonds is 3. The molecule has 0 bridgehead atoms. The van der Waals surface area contributed by atoms with Crippen LogP contribution in [-0.2, 0) is 6.54 Å². The van der Waals surface area contributed by atoms with Gasteiger partial charge in [-0.3, -0.25) is 4.90 Å². The highest BCUT2D eigenvalue weighted by Crippen LogP contribution is 2.20. The standard InChI is InChI=1S/C16H25ClN2/c1-12(2)16-11-19(8-4-7-18-16)10-14-6-5-13(3)9-15(14)17/h5-6,9,12,16,18H,4,7-8,10-11H2,1-3H3. The maximum Gasteiger partial charge on any atom is 0.0453 e. The Bertz CT molecular complexity index is 417. The second-order valence-corrected chi connectivity index (χ2v) is 6.40. The van der Waals surface area contributed by atoms with Crippen molar-refractivity contribution in [3.05, 3.63) is 34.3 Å². The van der Waals surface area contributed by atoms with Crippen LogP contribution in [0.5, 0.6) is 0 Å². The smallest absolute Gasteiger partial charge is 0.0453 e. The average Bonchev–Trinajstić information content (AvgIpc) is 2.58. The number of nitrogens with zero attached hydrogens (tertiary/aromatic N) is 1. The second-order valence-electron chi connectivity index (χ2n) is 5.99. The molecule has 1 fully saturated rings. The average molecular weight is 281 g/mol. The molecule has 3 heteroatoms. The van der Waals surface area contributed by atoms with Gasteiger partial charge in [-0.1, -0.05) is 37.6 Å². The molecular weight excluding hydrogens is 256 g/mol. The predicted molar refractivity (Wildman–Crippen MR) is 82.7 cm³/mol. The molecule has 1 aromatic carbocycles. The number of hydrogen-bond acceptors (Lipinski definition) is 2. The molecule has 106 valence electrons. The Morgan fingerprint density at radius 1 is 1.42 bits per heavy atom. The maximum absolute atomic E-state index is 6.35. The van der Waals surface area contributed by atoms with Crippen LogP contribution in [0, 0.1) is 12.8 Å². The van der Waals surface area contributed by atoms with Gasteiger partial charge in [-0.05, 0) is 49.5 Å². The lowest BCUT2D eigenvalue weighted by molar-refractivity contribution is 0.238. The van der Waals surface area contributed by atoms with E-state index in [0.29, 0.717) is 12.0 Å². The molecule has 2 nitrogen and oxygen atoms in total. The van der Waals surface area contributed by atoms with E-state index in [9.17, 15) is 0 Å². The summed E-state index contributed by atoms with van der Waals surface area (Å²) in [5.74, 6) is 0.675. The van der Waals surface area contributed by atoms with Crippen LogP contribution in [0.25, 0.3) is 0 Å². The third kappa shape index (κ3) is 4.20. The second kappa shape index (κ2) is 6.74. The summed E-state index contributed by atoms with van der Waals surface area (Å²) in [6.45, 7) is 11.0. The molecule has 0 spiro atoms.